The number of nitrogens with two attached hydrogens (primary N) is 1. The van der Waals surface area contributed by atoms with Crippen molar-refractivity contribution in [3.05, 3.63) is 12.4 Å². The smallest absolute Gasteiger partial charge is 0.0980 e. The molecular weight excluding hydrogens is 188 g/mol. The van der Waals surface area contributed by atoms with Gasteiger partial charge in [0.05, 0.1) is 24.2 Å². The maximum Gasteiger partial charge on any atom is 0.0980 e. The maximum atomic E-state index is 9.59. The minimum Gasteiger partial charge on any atom is -0.389 e. The third-order valence-corrected chi connectivity index (χ3v) is 2.62. The van der Waals surface area contributed by atoms with Crippen LogP contribution in [-0.4, -0.2) is 37.3 Å². The lowest BCUT2D eigenvalue weighted by Gasteiger charge is -2.16. The van der Waals surface area contributed by atoms with E-state index in [1.807, 2.05) is 6.92 Å². The number of thioether (sulfide) groups is 1. The van der Waals surface area contributed by atoms with Crippen LogP contribution in [0.5, 0.6) is 0 Å². The third kappa shape index (κ3) is 3.33. The minimum absolute atomic E-state index is 0.255. The van der Waals surface area contributed by atoms with Crippen molar-refractivity contribution < 1.29 is 5.11 Å². The second-order valence-corrected chi connectivity index (χ2v) is 4.07. The zero-order valence-corrected chi connectivity index (χ0v) is 8.31. The predicted molar refractivity (Wildman–Crippen MR) is 52.1 cm³/mol. The van der Waals surface area contributed by atoms with Crippen LogP contribution in [0.4, 0.5) is 0 Å². The summed E-state index contributed by atoms with van der Waals surface area (Å²) in [5.74, 6) is 0.898. The fraction of sp³-hybridized carbons (Fsp3) is 0.714. The van der Waals surface area contributed by atoms with Crippen molar-refractivity contribution in [1.82, 2.24) is 15.0 Å². The van der Waals surface area contributed by atoms with Crippen molar-refractivity contribution in [2.45, 2.75) is 24.9 Å². The van der Waals surface area contributed by atoms with Gasteiger partial charge in [-0.3, -0.25) is 0 Å². The second-order valence-electron chi connectivity index (χ2n) is 2.61. The molecule has 0 spiro atoms. The van der Waals surface area contributed by atoms with Gasteiger partial charge in [0.25, 0.3) is 0 Å². The quantitative estimate of drug-likeness (QED) is 0.640. The number of rotatable bonds is 5. The van der Waals surface area contributed by atoms with E-state index >= 15 is 0 Å². The van der Waals surface area contributed by atoms with Gasteiger partial charge in [0.1, 0.15) is 0 Å². The molecule has 5 nitrogen and oxygen atoms in total. The molecule has 1 heterocycles. The fourth-order valence-electron chi connectivity index (χ4n) is 0.929. The van der Waals surface area contributed by atoms with Gasteiger partial charge < -0.3 is 10.8 Å². The Labute approximate surface area is 81.3 Å². The number of aliphatic hydroxyl groups excluding tert-OH is 1. The maximum absolute atomic E-state index is 9.59. The summed E-state index contributed by atoms with van der Waals surface area (Å²) in [6.07, 6.45) is 2.70. The number of aliphatic hydroxyl groups is 1. The molecule has 2 atom stereocenters. The van der Waals surface area contributed by atoms with E-state index in [-0.39, 0.29) is 5.37 Å². The number of nitrogens with zero attached hydrogens (tertiary/aromatic N) is 3. The molecule has 13 heavy (non-hydrogen) atoms. The first kappa shape index (κ1) is 10.5. The molecule has 0 aliphatic heterocycles. The van der Waals surface area contributed by atoms with Gasteiger partial charge in [-0.05, 0) is 5.75 Å². The van der Waals surface area contributed by atoms with E-state index in [1.54, 1.807) is 17.1 Å². The Morgan fingerprint density at radius 1 is 1.69 bits per heavy atom. The lowest BCUT2D eigenvalue weighted by molar-refractivity contribution is 0.147. The van der Waals surface area contributed by atoms with E-state index < -0.39 is 6.10 Å². The molecule has 0 amide bonds. The van der Waals surface area contributed by atoms with Gasteiger partial charge >= 0.3 is 0 Å². The van der Waals surface area contributed by atoms with Gasteiger partial charge in [0.15, 0.2) is 0 Å². The van der Waals surface area contributed by atoms with Crippen LogP contribution in [-0.2, 0) is 6.54 Å². The van der Waals surface area contributed by atoms with Crippen molar-refractivity contribution in [2.24, 2.45) is 5.73 Å². The molecule has 2 unspecified atom stereocenters. The Kier molecular flexibility index (Phi) is 4.20. The second kappa shape index (κ2) is 5.21. The molecule has 0 saturated heterocycles. The summed E-state index contributed by atoms with van der Waals surface area (Å²) in [5.41, 5.74) is 5.70. The molecule has 0 aromatic carbocycles. The zero-order valence-electron chi connectivity index (χ0n) is 7.50. The number of aromatic nitrogens is 3. The van der Waals surface area contributed by atoms with Crippen molar-refractivity contribution >= 4 is 11.8 Å². The molecular formula is C7H14N4OS. The summed E-state index contributed by atoms with van der Waals surface area (Å²) in [5, 5.41) is 16.7. The van der Waals surface area contributed by atoms with Crippen LogP contribution in [0.3, 0.4) is 0 Å². The molecule has 0 aliphatic rings. The minimum atomic E-state index is -0.577. The topological polar surface area (TPSA) is 77.0 Å². The normalized spacial score (nSPS) is 15.6. The van der Waals surface area contributed by atoms with Crippen LogP contribution in [0.15, 0.2) is 12.4 Å². The Morgan fingerprint density at radius 3 is 3.00 bits per heavy atom. The molecule has 0 fully saturated rings. The molecule has 0 radical (unpaired) electrons. The highest BCUT2D eigenvalue weighted by molar-refractivity contribution is 7.99. The highest BCUT2D eigenvalue weighted by Gasteiger charge is 2.14. The van der Waals surface area contributed by atoms with Crippen molar-refractivity contribution in [3.63, 3.8) is 0 Å². The first-order valence-corrected chi connectivity index (χ1v) is 5.18. The molecule has 1 aromatic heterocycles. The van der Waals surface area contributed by atoms with Gasteiger partial charge in [0, 0.05) is 6.20 Å². The highest BCUT2D eigenvalue weighted by Crippen LogP contribution is 2.09. The van der Waals surface area contributed by atoms with E-state index in [2.05, 4.69) is 10.3 Å². The summed E-state index contributed by atoms with van der Waals surface area (Å²) in [7, 11) is 0. The van der Waals surface area contributed by atoms with Crippen LogP contribution in [0, 0.1) is 0 Å². The van der Waals surface area contributed by atoms with Gasteiger partial charge in [-0.1, -0.05) is 12.1 Å². The van der Waals surface area contributed by atoms with Crippen molar-refractivity contribution in [1.29, 1.82) is 0 Å². The van der Waals surface area contributed by atoms with Gasteiger partial charge in [-0.15, -0.1) is 16.9 Å². The molecule has 0 saturated carbocycles. The van der Waals surface area contributed by atoms with Crippen LogP contribution in [0.25, 0.3) is 0 Å². The Balaban J connectivity index is 2.36. The van der Waals surface area contributed by atoms with Crippen molar-refractivity contribution in [3.8, 4) is 0 Å². The highest BCUT2D eigenvalue weighted by atomic mass is 32.2. The average molecular weight is 202 g/mol. The average Bonchev–Trinajstić information content (AvgIpc) is 2.57. The predicted octanol–water partition coefficient (Wildman–Crippen LogP) is -0.323. The van der Waals surface area contributed by atoms with E-state index in [1.165, 1.54) is 11.8 Å². The molecule has 74 valence electrons. The molecule has 0 bridgehead atoms. The Bertz CT molecular complexity index is 228. The lowest BCUT2D eigenvalue weighted by atomic mass is 10.3. The Hall–Kier alpha value is -0.590. The SMILES string of the molecule is CCSC(N)C(O)Cn1ccnn1. The standard InChI is InChI=1S/C7H14N4OS/c1-2-13-7(8)6(12)5-11-4-3-9-10-11/h3-4,6-7,12H,2,5,8H2,1H3. The summed E-state index contributed by atoms with van der Waals surface area (Å²) in [4.78, 5) is 0. The first-order valence-electron chi connectivity index (χ1n) is 4.13. The first-order chi connectivity index (χ1) is 6.24. The van der Waals surface area contributed by atoms with Crippen LogP contribution >= 0.6 is 11.8 Å². The van der Waals surface area contributed by atoms with Crippen LogP contribution < -0.4 is 5.73 Å². The van der Waals surface area contributed by atoms with Gasteiger partial charge in [-0.2, -0.15) is 0 Å². The molecule has 1 aromatic rings. The summed E-state index contributed by atoms with van der Waals surface area (Å²) < 4.78 is 1.57. The third-order valence-electron chi connectivity index (χ3n) is 1.58. The van der Waals surface area contributed by atoms with E-state index in [4.69, 9.17) is 5.73 Å². The fourth-order valence-corrected chi connectivity index (χ4v) is 1.62. The van der Waals surface area contributed by atoms with Crippen LogP contribution in [0.2, 0.25) is 0 Å². The summed E-state index contributed by atoms with van der Waals surface area (Å²) >= 11 is 1.53. The molecule has 1 rings (SSSR count). The molecule has 3 N–H and O–H groups in total. The summed E-state index contributed by atoms with van der Waals surface area (Å²) in [6.45, 7) is 2.40. The largest absolute Gasteiger partial charge is 0.389 e. The number of hydrogen-bond acceptors (Lipinski definition) is 5. The molecule has 0 aliphatic carbocycles. The van der Waals surface area contributed by atoms with Crippen molar-refractivity contribution in [2.75, 3.05) is 5.75 Å². The lowest BCUT2D eigenvalue weighted by Crippen LogP contribution is -2.35. The zero-order chi connectivity index (χ0) is 9.68. The van der Waals surface area contributed by atoms with Gasteiger partial charge in [-0.25, -0.2) is 4.68 Å². The van der Waals surface area contributed by atoms with Gasteiger partial charge in [0.2, 0.25) is 0 Å². The van der Waals surface area contributed by atoms with Crippen LogP contribution in [0.1, 0.15) is 6.92 Å². The summed E-state index contributed by atoms with van der Waals surface area (Å²) in [6, 6.07) is 0. The van der Waals surface area contributed by atoms with E-state index in [0.29, 0.717) is 6.54 Å². The number of hydrogen-bond donors (Lipinski definition) is 2. The Morgan fingerprint density at radius 2 is 2.46 bits per heavy atom. The monoisotopic (exact) mass is 202 g/mol. The van der Waals surface area contributed by atoms with E-state index in [9.17, 15) is 5.11 Å². The van der Waals surface area contributed by atoms with E-state index in [0.717, 1.165) is 5.75 Å². The molecule has 6 heteroatoms.